The zero-order valence-electron chi connectivity index (χ0n) is 17.3. The first-order valence-electron chi connectivity index (χ1n) is 10.1. The van der Waals surface area contributed by atoms with Gasteiger partial charge in [-0.05, 0) is 49.1 Å². The molecular formula is C25H27NO3. The van der Waals surface area contributed by atoms with E-state index in [1.165, 1.54) is 0 Å². The number of benzene rings is 2. The van der Waals surface area contributed by atoms with E-state index in [2.05, 4.69) is 24.8 Å². The van der Waals surface area contributed by atoms with Gasteiger partial charge in [0.1, 0.15) is 11.9 Å². The molecule has 0 spiro atoms. The first-order valence-corrected chi connectivity index (χ1v) is 10.1. The van der Waals surface area contributed by atoms with Crippen LogP contribution in [-0.2, 0) is 0 Å². The van der Waals surface area contributed by atoms with Crippen LogP contribution in [0.15, 0.2) is 51.7 Å². The monoisotopic (exact) mass is 389 g/mol. The molecule has 0 bridgehead atoms. The number of hydrogen-bond acceptors (Lipinski definition) is 4. The van der Waals surface area contributed by atoms with Crippen LogP contribution >= 0.6 is 0 Å². The summed E-state index contributed by atoms with van der Waals surface area (Å²) in [6, 6.07) is 13.3. The van der Waals surface area contributed by atoms with E-state index < -0.39 is 0 Å². The average Bonchev–Trinajstić information content (AvgIpc) is 2.73. The van der Waals surface area contributed by atoms with Crippen LogP contribution in [0.3, 0.4) is 0 Å². The summed E-state index contributed by atoms with van der Waals surface area (Å²) in [5, 5.41) is 0.942. The molecule has 0 atom stereocenters. The minimum atomic E-state index is -0.342. The van der Waals surface area contributed by atoms with Gasteiger partial charge < -0.3 is 9.32 Å². The van der Waals surface area contributed by atoms with Gasteiger partial charge in [0.05, 0.1) is 5.56 Å². The Morgan fingerprint density at radius 2 is 1.59 bits per heavy atom. The third kappa shape index (κ3) is 4.65. The molecule has 3 aromatic rings. The molecule has 1 aromatic heterocycles. The van der Waals surface area contributed by atoms with Crippen molar-refractivity contribution in [2.75, 3.05) is 18.0 Å². The summed E-state index contributed by atoms with van der Waals surface area (Å²) in [4.78, 5) is 25.7. The summed E-state index contributed by atoms with van der Waals surface area (Å²) in [5.74, 6) is 0. The van der Waals surface area contributed by atoms with Gasteiger partial charge in [0.25, 0.3) is 0 Å². The summed E-state index contributed by atoms with van der Waals surface area (Å²) >= 11 is 0. The maximum absolute atomic E-state index is 12.6. The highest BCUT2D eigenvalue weighted by atomic mass is 16.4. The number of anilines is 1. The van der Waals surface area contributed by atoms with Crippen LogP contribution in [0.1, 0.15) is 53.7 Å². The molecule has 29 heavy (non-hydrogen) atoms. The summed E-state index contributed by atoms with van der Waals surface area (Å²) in [7, 11) is 0. The number of carbonyl (C=O) groups is 1. The zero-order valence-corrected chi connectivity index (χ0v) is 17.3. The summed E-state index contributed by atoms with van der Waals surface area (Å²) in [5.41, 5.74) is 4.35. The molecule has 0 saturated carbocycles. The number of aryl methyl sites for hydroxylation is 1. The highest BCUT2D eigenvalue weighted by Gasteiger charge is 2.12. The molecule has 1 heterocycles. The second kappa shape index (κ2) is 9.37. The fourth-order valence-corrected chi connectivity index (χ4v) is 3.52. The molecular weight excluding hydrogens is 362 g/mol. The number of carbonyl (C=O) groups excluding carboxylic acids is 1. The third-order valence-electron chi connectivity index (χ3n) is 5.06. The van der Waals surface area contributed by atoms with Crippen LogP contribution in [0, 0.1) is 6.92 Å². The van der Waals surface area contributed by atoms with Crippen molar-refractivity contribution in [1.82, 2.24) is 0 Å². The van der Waals surface area contributed by atoms with Crippen molar-refractivity contribution >= 4 is 35.1 Å². The van der Waals surface area contributed by atoms with Gasteiger partial charge in [0.15, 0.2) is 0 Å². The van der Waals surface area contributed by atoms with Crippen molar-refractivity contribution in [1.29, 1.82) is 0 Å². The molecule has 0 fully saturated rings. The lowest BCUT2D eigenvalue weighted by Gasteiger charge is -2.24. The van der Waals surface area contributed by atoms with Gasteiger partial charge in [-0.2, -0.15) is 0 Å². The Morgan fingerprint density at radius 1 is 0.931 bits per heavy atom. The van der Waals surface area contributed by atoms with Crippen molar-refractivity contribution in [3.63, 3.8) is 0 Å². The van der Waals surface area contributed by atoms with E-state index in [0.717, 1.165) is 54.4 Å². The topological polar surface area (TPSA) is 50.5 Å². The minimum Gasteiger partial charge on any atom is -0.422 e. The van der Waals surface area contributed by atoms with E-state index in [-0.39, 0.29) is 5.63 Å². The van der Waals surface area contributed by atoms with Gasteiger partial charge in [0.2, 0.25) is 0 Å². The van der Waals surface area contributed by atoms with Crippen LogP contribution in [0.2, 0.25) is 0 Å². The molecule has 0 amide bonds. The Kier molecular flexibility index (Phi) is 6.65. The highest BCUT2D eigenvalue weighted by Crippen LogP contribution is 2.26. The second-order valence-corrected chi connectivity index (χ2v) is 7.21. The standard InChI is InChI=1S/C25H27NO3/c1-4-14-26(15-5-2)21-11-13-22-18(3)23(25(28)29-24(22)16-21)12-10-19-6-8-20(17-27)9-7-19/h6-13,16-17H,4-5,14-15H2,1-3H3/b12-10+. The van der Waals surface area contributed by atoms with Crippen LogP contribution in [-0.4, -0.2) is 19.4 Å². The van der Waals surface area contributed by atoms with E-state index >= 15 is 0 Å². The largest absolute Gasteiger partial charge is 0.422 e. The Balaban J connectivity index is 1.97. The molecule has 150 valence electrons. The highest BCUT2D eigenvalue weighted by molar-refractivity contribution is 5.87. The maximum atomic E-state index is 12.6. The van der Waals surface area contributed by atoms with Gasteiger partial charge >= 0.3 is 5.63 Å². The van der Waals surface area contributed by atoms with Crippen molar-refractivity contribution in [2.24, 2.45) is 0 Å². The molecule has 3 rings (SSSR count). The van der Waals surface area contributed by atoms with Crippen LogP contribution < -0.4 is 10.5 Å². The summed E-state index contributed by atoms with van der Waals surface area (Å²) < 4.78 is 5.67. The normalized spacial score (nSPS) is 11.3. The van der Waals surface area contributed by atoms with Gasteiger partial charge in [0, 0.05) is 35.8 Å². The quantitative estimate of drug-likeness (QED) is 0.366. The fourth-order valence-electron chi connectivity index (χ4n) is 3.52. The van der Waals surface area contributed by atoms with E-state index in [0.29, 0.717) is 16.7 Å². The SMILES string of the molecule is CCCN(CCC)c1ccc2c(C)c(/C=C/c3ccc(C=O)cc3)c(=O)oc2c1. The van der Waals surface area contributed by atoms with E-state index in [9.17, 15) is 9.59 Å². The smallest absolute Gasteiger partial charge is 0.343 e. The third-order valence-corrected chi connectivity index (χ3v) is 5.06. The van der Waals surface area contributed by atoms with Gasteiger partial charge in [-0.1, -0.05) is 44.2 Å². The maximum Gasteiger partial charge on any atom is 0.343 e. The molecule has 0 saturated heterocycles. The molecule has 4 nitrogen and oxygen atoms in total. The van der Waals surface area contributed by atoms with Crippen LogP contribution in [0.4, 0.5) is 5.69 Å². The summed E-state index contributed by atoms with van der Waals surface area (Å²) in [6.45, 7) is 8.24. The Labute approximate surface area is 171 Å². The van der Waals surface area contributed by atoms with Crippen molar-refractivity contribution in [3.8, 4) is 0 Å². The predicted molar refractivity (Wildman–Crippen MR) is 121 cm³/mol. The van der Waals surface area contributed by atoms with Gasteiger partial charge in [-0.15, -0.1) is 0 Å². The minimum absolute atomic E-state index is 0.342. The average molecular weight is 389 g/mol. The van der Waals surface area contributed by atoms with Gasteiger partial charge in [-0.25, -0.2) is 4.79 Å². The number of hydrogen-bond donors (Lipinski definition) is 0. The Hall–Kier alpha value is -3.14. The lowest BCUT2D eigenvalue weighted by molar-refractivity contribution is 0.112. The number of rotatable bonds is 8. The Bertz CT molecular complexity index is 1070. The summed E-state index contributed by atoms with van der Waals surface area (Å²) in [6.07, 6.45) is 6.59. The number of fused-ring (bicyclic) bond motifs is 1. The predicted octanol–water partition coefficient (Wildman–Crippen LogP) is 5.71. The molecule has 2 aromatic carbocycles. The van der Waals surface area contributed by atoms with Gasteiger partial charge in [-0.3, -0.25) is 4.79 Å². The zero-order chi connectivity index (χ0) is 20.8. The number of nitrogens with zero attached hydrogens (tertiary/aromatic N) is 1. The molecule has 0 aliphatic rings. The van der Waals surface area contributed by atoms with E-state index in [1.807, 2.05) is 37.3 Å². The van der Waals surface area contributed by atoms with E-state index in [4.69, 9.17) is 4.42 Å². The first-order chi connectivity index (χ1) is 14.1. The molecule has 0 unspecified atom stereocenters. The van der Waals surface area contributed by atoms with Crippen molar-refractivity contribution in [3.05, 3.63) is 75.1 Å². The van der Waals surface area contributed by atoms with E-state index in [1.54, 1.807) is 18.2 Å². The first kappa shape index (κ1) is 20.6. The second-order valence-electron chi connectivity index (χ2n) is 7.21. The fraction of sp³-hybridized carbons (Fsp3) is 0.280. The molecule has 0 radical (unpaired) electrons. The molecule has 0 N–H and O–H groups in total. The van der Waals surface area contributed by atoms with Crippen LogP contribution in [0.25, 0.3) is 23.1 Å². The lowest BCUT2D eigenvalue weighted by atomic mass is 10.0. The van der Waals surface area contributed by atoms with Crippen LogP contribution in [0.5, 0.6) is 0 Å². The number of aldehydes is 1. The van der Waals surface area contributed by atoms with Crippen molar-refractivity contribution < 1.29 is 9.21 Å². The Morgan fingerprint density at radius 3 is 2.21 bits per heavy atom. The van der Waals surface area contributed by atoms with Crippen molar-refractivity contribution in [2.45, 2.75) is 33.6 Å². The molecule has 0 aliphatic heterocycles. The lowest BCUT2D eigenvalue weighted by Crippen LogP contribution is -2.24. The molecule has 4 heteroatoms. The molecule has 0 aliphatic carbocycles.